The van der Waals surface area contributed by atoms with Crippen LogP contribution in [0.4, 0.5) is 4.79 Å². The maximum absolute atomic E-state index is 12.5. The Morgan fingerprint density at radius 3 is 2.32 bits per heavy atom. The first-order valence-corrected chi connectivity index (χ1v) is 7.34. The highest BCUT2D eigenvalue weighted by Gasteiger charge is 2.15. The van der Waals surface area contributed by atoms with Crippen LogP contribution >= 0.6 is 0 Å². The molecule has 1 heterocycles. The summed E-state index contributed by atoms with van der Waals surface area (Å²) in [5, 5.41) is 4.68. The number of carbonyl (C=O) groups excluding carboxylic acids is 2. The molecule has 7 nitrogen and oxygen atoms in total. The van der Waals surface area contributed by atoms with Gasteiger partial charge in [0.1, 0.15) is 6.54 Å². The number of para-hydroxylation sites is 2. The van der Waals surface area contributed by atoms with Gasteiger partial charge in [-0.15, -0.1) is 0 Å². The van der Waals surface area contributed by atoms with Crippen molar-refractivity contribution in [3.8, 4) is 0 Å². The normalized spacial score (nSPS) is 10.6. The summed E-state index contributed by atoms with van der Waals surface area (Å²) < 4.78 is 3.04. The number of amides is 3. The van der Waals surface area contributed by atoms with E-state index in [1.54, 1.807) is 17.6 Å². The van der Waals surface area contributed by atoms with Crippen molar-refractivity contribution < 1.29 is 9.59 Å². The zero-order chi connectivity index (χ0) is 16.1. The number of aryl methyl sites for hydroxylation is 1. The molecule has 3 amide bonds. The van der Waals surface area contributed by atoms with E-state index in [2.05, 4.69) is 10.6 Å². The van der Waals surface area contributed by atoms with Crippen molar-refractivity contribution >= 4 is 23.0 Å². The largest absolute Gasteiger partial charge is 0.338 e. The summed E-state index contributed by atoms with van der Waals surface area (Å²) in [6, 6.07) is 6.76. The number of imidazole rings is 1. The first-order valence-electron chi connectivity index (χ1n) is 7.34. The first-order chi connectivity index (χ1) is 10.6. The Kier molecular flexibility index (Phi) is 4.98. The molecular formula is C15H20N4O3. The molecule has 2 aromatic rings. The standard InChI is InChI=1S/C15H20N4O3/c1-3-9-18-11-7-5-6-8-12(11)19(15(18)22)10-13(20)17-14(21)16-4-2/h5-8H,3-4,9-10H2,1-2H3,(H2,16,17,20,21). The number of benzene rings is 1. The molecule has 1 aromatic heterocycles. The van der Waals surface area contributed by atoms with E-state index < -0.39 is 11.9 Å². The van der Waals surface area contributed by atoms with Crippen LogP contribution in [0.2, 0.25) is 0 Å². The van der Waals surface area contributed by atoms with Gasteiger partial charge in [0.05, 0.1) is 11.0 Å². The Morgan fingerprint density at radius 1 is 1.09 bits per heavy atom. The molecule has 0 aliphatic heterocycles. The molecular weight excluding hydrogens is 284 g/mol. The van der Waals surface area contributed by atoms with Crippen LogP contribution in [0.25, 0.3) is 11.0 Å². The van der Waals surface area contributed by atoms with Crippen LogP contribution in [0.1, 0.15) is 20.3 Å². The van der Waals surface area contributed by atoms with E-state index in [0.29, 0.717) is 18.6 Å². The predicted octanol–water partition coefficient (Wildman–Crippen LogP) is 1.06. The average Bonchev–Trinajstić information content (AvgIpc) is 2.74. The van der Waals surface area contributed by atoms with Crippen LogP contribution in [0.3, 0.4) is 0 Å². The van der Waals surface area contributed by atoms with Gasteiger partial charge in [-0.3, -0.25) is 19.2 Å². The van der Waals surface area contributed by atoms with E-state index in [-0.39, 0.29) is 12.2 Å². The van der Waals surface area contributed by atoms with Crippen molar-refractivity contribution in [3.05, 3.63) is 34.7 Å². The van der Waals surface area contributed by atoms with Gasteiger partial charge in [-0.25, -0.2) is 9.59 Å². The van der Waals surface area contributed by atoms with Gasteiger partial charge >= 0.3 is 11.7 Å². The van der Waals surface area contributed by atoms with Crippen LogP contribution in [0.5, 0.6) is 0 Å². The zero-order valence-electron chi connectivity index (χ0n) is 12.8. The molecule has 2 rings (SSSR count). The number of hydrogen-bond donors (Lipinski definition) is 2. The summed E-state index contributed by atoms with van der Waals surface area (Å²) in [6.45, 7) is 4.57. The van der Waals surface area contributed by atoms with Gasteiger partial charge in [-0.05, 0) is 25.5 Å². The van der Waals surface area contributed by atoms with Crippen molar-refractivity contribution in [3.63, 3.8) is 0 Å². The second kappa shape index (κ2) is 6.93. The van der Waals surface area contributed by atoms with Crippen LogP contribution in [-0.2, 0) is 17.9 Å². The minimum Gasteiger partial charge on any atom is -0.338 e. The number of nitrogens with one attached hydrogen (secondary N) is 2. The summed E-state index contributed by atoms with van der Waals surface area (Å²) in [5.74, 6) is -0.521. The molecule has 7 heteroatoms. The molecule has 0 saturated heterocycles. The van der Waals surface area contributed by atoms with Gasteiger partial charge in [0, 0.05) is 13.1 Å². The van der Waals surface area contributed by atoms with Gasteiger partial charge in [-0.1, -0.05) is 19.1 Å². The Bertz CT molecular complexity index is 745. The quantitative estimate of drug-likeness (QED) is 0.866. The maximum Gasteiger partial charge on any atom is 0.329 e. The number of carbonyl (C=O) groups is 2. The molecule has 22 heavy (non-hydrogen) atoms. The molecule has 0 radical (unpaired) electrons. The highest BCUT2D eigenvalue weighted by atomic mass is 16.2. The molecule has 0 saturated carbocycles. The van der Waals surface area contributed by atoms with Crippen molar-refractivity contribution in [2.75, 3.05) is 6.54 Å². The number of imide groups is 1. The molecule has 0 aliphatic carbocycles. The van der Waals surface area contributed by atoms with Gasteiger partial charge in [0.25, 0.3) is 0 Å². The van der Waals surface area contributed by atoms with Crippen LogP contribution in [0.15, 0.2) is 29.1 Å². The minimum absolute atomic E-state index is 0.187. The number of nitrogens with zero attached hydrogens (tertiary/aromatic N) is 2. The molecule has 0 unspecified atom stereocenters. The van der Waals surface area contributed by atoms with E-state index in [1.165, 1.54) is 4.57 Å². The third-order valence-electron chi connectivity index (χ3n) is 3.26. The van der Waals surface area contributed by atoms with Crippen molar-refractivity contribution in [2.45, 2.75) is 33.4 Å². The second-order valence-electron chi connectivity index (χ2n) is 4.92. The predicted molar refractivity (Wildman–Crippen MR) is 83.7 cm³/mol. The molecule has 118 valence electrons. The van der Waals surface area contributed by atoms with Crippen LogP contribution in [0, 0.1) is 0 Å². The second-order valence-corrected chi connectivity index (χ2v) is 4.92. The fraction of sp³-hybridized carbons (Fsp3) is 0.400. The number of aromatic nitrogens is 2. The Balaban J connectivity index is 2.31. The topological polar surface area (TPSA) is 85.1 Å². The van der Waals surface area contributed by atoms with E-state index in [1.807, 2.05) is 25.1 Å². The third-order valence-corrected chi connectivity index (χ3v) is 3.26. The van der Waals surface area contributed by atoms with Gasteiger partial charge < -0.3 is 5.32 Å². The van der Waals surface area contributed by atoms with Gasteiger partial charge in [0.15, 0.2) is 0 Å². The molecule has 2 N–H and O–H groups in total. The number of fused-ring (bicyclic) bond motifs is 1. The fourth-order valence-corrected chi connectivity index (χ4v) is 2.38. The summed E-state index contributed by atoms with van der Waals surface area (Å²) in [6.07, 6.45) is 0.818. The monoisotopic (exact) mass is 304 g/mol. The fourth-order valence-electron chi connectivity index (χ4n) is 2.38. The van der Waals surface area contributed by atoms with E-state index in [0.717, 1.165) is 11.9 Å². The third kappa shape index (κ3) is 3.19. The molecule has 0 fully saturated rings. The lowest BCUT2D eigenvalue weighted by atomic mass is 10.3. The molecule has 0 spiro atoms. The highest BCUT2D eigenvalue weighted by Crippen LogP contribution is 2.12. The number of urea groups is 1. The molecule has 0 atom stereocenters. The Labute approximate surface area is 127 Å². The zero-order valence-corrected chi connectivity index (χ0v) is 12.8. The van der Waals surface area contributed by atoms with E-state index in [4.69, 9.17) is 0 Å². The number of hydrogen-bond acceptors (Lipinski definition) is 3. The van der Waals surface area contributed by atoms with Gasteiger partial charge in [0.2, 0.25) is 5.91 Å². The Hall–Kier alpha value is -2.57. The highest BCUT2D eigenvalue weighted by molar-refractivity contribution is 5.94. The van der Waals surface area contributed by atoms with E-state index >= 15 is 0 Å². The van der Waals surface area contributed by atoms with Crippen molar-refractivity contribution in [2.24, 2.45) is 0 Å². The van der Waals surface area contributed by atoms with Gasteiger partial charge in [-0.2, -0.15) is 0 Å². The lowest BCUT2D eigenvalue weighted by Gasteiger charge is -2.05. The van der Waals surface area contributed by atoms with Crippen LogP contribution in [-0.4, -0.2) is 27.6 Å². The summed E-state index contributed by atoms with van der Waals surface area (Å²) in [7, 11) is 0. The lowest BCUT2D eigenvalue weighted by molar-refractivity contribution is -0.120. The maximum atomic E-state index is 12.5. The minimum atomic E-state index is -0.558. The summed E-state index contributed by atoms with van der Waals surface area (Å²) in [4.78, 5) is 35.8. The van der Waals surface area contributed by atoms with E-state index in [9.17, 15) is 14.4 Å². The number of rotatable bonds is 5. The molecule has 1 aromatic carbocycles. The average molecular weight is 304 g/mol. The molecule has 0 aliphatic rings. The summed E-state index contributed by atoms with van der Waals surface area (Å²) >= 11 is 0. The van der Waals surface area contributed by atoms with Crippen molar-refractivity contribution in [1.82, 2.24) is 19.8 Å². The smallest absolute Gasteiger partial charge is 0.329 e. The molecule has 0 bridgehead atoms. The SMILES string of the molecule is CCCn1c(=O)n(CC(=O)NC(=O)NCC)c2ccccc21. The lowest BCUT2D eigenvalue weighted by Crippen LogP contribution is -2.42. The first kappa shape index (κ1) is 15.8. The Morgan fingerprint density at radius 2 is 1.73 bits per heavy atom. The van der Waals surface area contributed by atoms with Crippen LogP contribution < -0.4 is 16.3 Å². The summed E-state index contributed by atoms with van der Waals surface area (Å²) in [5.41, 5.74) is 1.24. The van der Waals surface area contributed by atoms with Crippen molar-refractivity contribution in [1.29, 1.82) is 0 Å².